The second-order valence-electron chi connectivity index (χ2n) is 8.31. The van der Waals surface area contributed by atoms with Gasteiger partial charge in [0, 0.05) is 17.4 Å². The zero-order chi connectivity index (χ0) is 25.2. The normalized spacial score (nSPS) is 11.2. The Labute approximate surface area is 204 Å². The average Bonchev–Trinajstić information content (AvgIpc) is 3.26. The summed E-state index contributed by atoms with van der Waals surface area (Å²) in [4.78, 5) is 39.2. The highest BCUT2D eigenvalue weighted by Gasteiger charge is 2.29. The van der Waals surface area contributed by atoms with E-state index in [9.17, 15) is 14.4 Å². The van der Waals surface area contributed by atoms with Crippen molar-refractivity contribution < 1.29 is 23.9 Å². The van der Waals surface area contributed by atoms with E-state index in [1.54, 1.807) is 27.7 Å². The van der Waals surface area contributed by atoms with Gasteiger partial charge in [0.1, 0.15) is 15.6 Å². The Morgan fingerprint density at radius 2 is 1.76 bits per heavy atom. The maximum absolute atomic E-state index is 13.5. The highest BCUT2D eigenvalue weighted by Crippen LogP contribution is 2.36. The topological polar surface area (TPSA) is 86.6 Å². The van der Waals surface area contributed by atoms with Gasteiger partial charge in [0.15, 0.2) is 0 Å². The predicted molar refractivity (Wildman–Crippen MR) is 135 cm³/mol. The van der Waals surface area contributed by atoms with Gasteiger partial charge >= 0.3 is 11.9 Å². The second-order valence-corrected chi connectivity index (χ2v) is 9.33. The van der Waals surface area contributed by atoms with Crippen LogP contribution in [0.3, 0.4) is 0 Å². The molecular weight excluding hydrogens is 452 g/mol. The maximum atomic E-state index is 13.5. The van der Waals surface area contributed by atoms with Gasteiger partial charge in [-0.05, 0) is 76.8 Å². The Morgan fingerprint density at radius 3 is 2.35 bits per heavy atom. The van der Waals surface area contributed by atoms with Gasteiger partial charge in [0.2, 0.25) is 0 Å². The number of ether oxygens (including phenoxy) is 2. The van der Waals surface area contributed by atoms with Crippen LogP contribution in [0.2, 0.25) is 0 Å². The molecule has 7 nitrogen and oxygen atoms in total. The number of aromatic nitrogens is 1. The largest absolute Gasteiger partial charge is 0.462 e. The SMILES string of the molecule is CCOC(=O)c1c(NC(=O)c2c(C)c3cc(CC)ccc3n2CC)sc(C(=O)OC(C)C)c1C. The number of rotatable bonds is 8. The van der Waals surface area contributed by atoms with Crippen LogP contribution in [0.1, 0.15) is 81.8 Å². The fourth-order valence-corrected chi connectivity index (χ4v) is 5.16. The molecule has 3 rings (SSSR count). The lowest BCUT2D eigenvalue weighted by molar-refractivity contribution is 0.0383. The fourth-order valence-electron chi connectivity index (χ4n) is 4.09. The number of amides is 1. The van der Waals surface area contributed by atoms with E-state index in [4.69, 9.17) is 9.47 Å². The predicted octanol–water partition coefficient (Wildman–Crippen LogP) is 5.90. The van der Waals surface area contributed by atoms with Crippen LogP contribution in [0.5, 0.6) is 0 Å². The number of carbonyl (C=O) groups excluding carboxylic acids is 3. The number of benzene rings is 1. The lowest BCUT2D eigenvalue weighted by atomic mass is 10.1. The third kappa shape index (κ3) is 4.73. The van der Waals surface area contributed by atoms with E-state index in [2.05, 4.69) is 24.4 Å². The van der Waals surface area contributed by atoms with Crippen LogP contribution in [0.4, 0.5) is 5.00 Å². The number of fused-ring (bicyclic) bond motifs is 1. The summed E-state index contributed by atoms with van der Waals surface area (Å²) in [5.74, 6) is -1.46. The van der Waals surface area contributed by atoms with Gasteiger partial charge in [-0.25, -0.2) is 9.59 Å². The van der Waals surface area contributed by atoms with E-state index >= 15 is 0 Å². The Balaban J connectivity index is 2.09. The highest BCUT2D eigenvalue weighted by atomic mass is 32.1. The van der Waals surface area contributed by atoms with E-state index in [0.29, 0.717) is 17.8 Å². The van der Waals surface area contributed by atoms with Gasteiger partial charge in [0.25, 0.3) is 5.91 Å². The van der Waals surface area contributed by atoms with E-state index < -0.39 is 11.9 Å². The third-order valence-electron chi connectivity index (χ3n) is 5.70. The Hall–Kier alpha value is -3.13. The average molecular weight is 485 g/mol. The fraction of sp³-hybridized carbons (Fsp3) is 0.423. The van der Waals surface area contributed by atoms with Gasteiger partial charge in [-0.2, -0.15) is 0 Å². The summed E-state index contributed by atoms with van der Waals surface area (Å²) in [6.07, 6.45) is 0.593. The number of hydrogen-bond acceptors (Lipinski definition) is 6. The minimum Gasteiger partial charge on any atom is -0.462 e. The first-order valence-corrected chi connectivity index (χ1v) is 12.4. The molecule has 34 heavy (non-hydrogen) atoms. The first-order chi connectivity index (χ1) is 16.1. The molecule has 8 heteroatoms. The molecule has 0 saturated carbocycles. The summed E-state index contributed by atoms with van der Waals surface area (Å²) < 4.78 is 12.5. The molecule has 2 aromatic heterocycles. The van der Waals surface area contributed by atoms with E-state index in [1.807, 2.05) is 24.5 Å². The summed E-state index contributed by atoms with van der Waals surface area (Å²) in [6.45, 7) is 13.7. The lowest BCUT2D eigenvalue weighted by Gasteiger charge is -2.10. The third-order valence-corrected chi connectivity index (χ3v) is 6.89. The van der Waals surface area contributed by atoms with E-state index in [-0.39, 0.29) is 34.1 Å². The standard InChI is InChI=1S/C26H32N2O5S/c1-8-17-11-12-19-18(13-17)15(6)21(28(19)9-2)23(29)27-24-20(25(30)32-10-3)16(7)22(34-24)26(31)33-14(4)5/h11-14H,8-10H2,1-7H3,(H,27,29). The van der Waals surface area contributed by atoms with Gasteiger partial charge in [-0.3, -0.25) is 4.79 Å². The molecule has 0 aliphatic carbocycles. The molecule has 2 heterocycles. The number of aryl methyl sites for hydroxylation is 3. The van der Waals surface area contributed by atoms with E-state index in [0.717, 1.165) is 34.2 Å². The quantitative estimate of drug-likeness (QED) is 0.403. The van der Waals surface area contributed by atoms with Crippen molar-refractivity contribution in [2.75, 3.05) is 11.9 Å². The summed E-state index contributed by atoms with van der Waals surface area (Å²) in [6, 6.07) is 6.23. The van der Waals surface area contributed by atoms with Crippen LogP contribution in [0, 0.1) is 13.8 Å². The number of hydrogen-bond donors (Lipinski definition) is 1. The minimum absolute atomic E-state index is 0.177. The van der Waals surface area contributed by atoms with Crippen molar-refractivity contribution >= 4 is 45.1 Å². The zero-order valence-corrected chi connectivity index (χ0v) is 21.6. The van der Waals surface area contributed by atoms with Crippen LogP contribution in [0.25, 0.3) is 10.9 Å². The summed E-state index contributed by atoms with van der Waals surface area (Å²) in [5, 5.41) is 4.20. The van der Waals surface area contributed by atoms with Gasteiger partial charge < -0.3 is 19.4 Å². The molecule has 0 unspecified atom stereocenters. The molecule has 0 aliphatic heterocycles. The van der Waals surface area contributed by atoms with E-state index in [1.165, 1.54) is 5.56 Å². The van der Waals surface area contributed by atoms with Crippen molar-refractivity contribution in [1.82, 2.24) is 4.57 Å². The van der Waals surface area contributed by atoms with Crippen molar-refractivity contribution in [3.05, 3.63) is 51.0 Å². The van der Waals surface area contributed by atoms with Crippen molar-refractivity contribution in [2.45, 2.75) is 67.5 Å². The molecule has 1 amide bonds. The summed E-state index contributed by atoms with van der Waals surface area (Å²) >= 11 is 1.03. The van der Waals surface area contributed by atoms with Crippen LogP contribution in [0.15, 0.2) is 18.2 Å². The zero-order valence-electron chi connectivity index (χ0n) is 20.8. The molecule has 182 valence electrons. The number of esters is 2. The highest BCUT2D eigenvalue weighted by molar-refractivity contribution is 7.18. The smallest absolute Gasteiger partial charge is 0.348 e. The van der Waals surface area contributed by atoms with Crippen molar-refractivity contribution in [2.24, 2.45) is 0 Å². The van der Waals surface area contributed by atoms with Gasteiger partial charge in [-0.1, -0.05) is 13.0 Å². The molecule has 0 bridgehead atoms. The summed E-state index contributed by atoms with van der Waals surface area (Å²) in [7, 11) is 0. The molecule has 1 N–H and O–H groups in total. The maximum Gasteiger partial charge on any atom is 0.348 e. The van der Waals surface area contributed by atoms with Crippen molar-refractivity contribution in [3.8, 4) is 0 Å². The number of anilines is 1. The molecule has 0 aliphatic rings. The van der Waals surface area contributed by atoms with Crippen LogP contribution < -0.4 is 5.32 Å². The van der Waals surface area contributed by atoms with Gasteiger partial charge in [0.05, 0.1) is 18.3 Å². The van der Waals surface area contributed by atoms with Crippen molar-refractivity contribution in [1.29, 1.82) is 0 Å². The molecule has 0 atom stereocenters. The molecule has 0 fully saturated rings. The molecule has 3 aromatic rings. The van der Waals surface area contributed by atoms with Crippen molar-refractivity contribution in [3.63, 3.8) is 0 Å². The Morgan fingerprint density at radius 1 is 1.06 bits per heavy atom. The molecule has 1 aromatic carbocycles. The lowest BCUT2D eigenvalue weighted by Crippen LogP contribution is -2.19. The number of nitrogens with one attached hydrogen (secondary N) is 1. The number of carbonyl (C=O) groups is 3. The first-order valence-electron chi connectivity index (χ1n) is 11.6. The van der Waals surface area contributed by atoms with Crippen LogP contribution in [-0.2, 0) is 22.4 Å². The minimum atomic E-state index is -0.588. The summed E-state index contributed by atoms with van der Waals surface area (Å²) in [5.41, 5.74) is 4.19. The molecule has 0 radical (unpaired) electrons. The Bertz CT molecular complexity index is 1250. The van der Waals surface area contributed by atoms with Crippen LogP contribution >= 0.6 is 11.3 Å². The molecule has 0 spiro atoms. The second kappa shape index (κ2) is 10.4. The first kappa shape index (κ1) is 25.5. The molecule has 0 saturated heterocycles. The Kier molecular flexibility index (Phi) is 7.82. The molecular formula is C26H32N2O5S. The number of nitrogens with zero attached hydrogens (tertiary/aromatic N) is 1. The van der Waals surface area contributed by atoms with Crippen LogP contribution in [-0.4, -0.2) is 35.1 Å². The van der Waals surface area contributed by atoms with Gasteiger partial charge in [-0.15, -0.1) is 11.3 Å². The number of thiophene rings is 1. The monoisotopic (exact) mass is 484 g/mol.